The maximum atomic E-state index is 13.1. The summed E-state index contributed by atoms with van der Waals surface area (Å²) in [5, 5.41) is 0. The zero-order valence-electron chi connectivity index (χ0n) is 16.7. The van der Waals surface area contributed by atoms with Gasteiger partial charge in [-0.3, -0.25) is 14.6 Å². The molecule has 8 heteroatoms. The number of rotatable bonds is 3. The van der Waals surface area contributed by atoms with Crippen LogP contribution < -0.4 is 19.3 Å². The second-order valence-corrected chi connectivity index (χ2v) is 7.75. The van der Waals surface area contributed by atoms with Gasteiger partial charge in [-0.15, -0.1) is 0 Å². The van der Waals surface area contributed by atoms with Crippen molar-refractivity contribution >= 4 is 23.2 Å². The molecule has 5 rings (SSSR count). The van der Waals surface area contributed by atoms with Crippen molar-refractivity contribution in [3.05, 3.63) is 42.7 Å². The van der Waals surface area contributed by atoms with Gasteiger partial charge in [0.2, 0.25) is 11.8 Å². The molecule has 4 heterocycles. The lowest BCUT2D eigenvalue weighted by molar-refractivity contribution is -0.136. The van der Waals surface area contributed by atoms with E-state index in [9.17, 15) is 9.59 Å². The van der Waals surface area contributed by atoms with E-state index in [4.69, 9.17) is 9.47 Å². The number of benzene rings is 1. The molecular weight excluding hydrogens is 384 g/mol. The normalized spacial score (nSPS) is 21.1. The standard InChI is InChI=1S/C22H24N4O4/c27-21-13-16(15-26(21)18-1-2-19-20(14-18)30-12-11-29-19)22(28)25-9-7-24(8-10-25)17-3-5-23-6-4-17/h1-6,14,16H,7-13,15H2/t16-/m1/s1. The summed E-state index contributed by atoms with van der Waals surface area (Å²) in [6, 6.07) is 9.47. The summed E-state index contributed by atoms with van der Waals surface area (Å²) in [4.78, 5) is 35.6. The molecule has 1 aromatic heterocycles. The van der Waals surface area contributed by atoms with Crippen molar-refractivity contribution < 1.29 is 19.1 Å². The van der Waals surface area contributed by atoms with E-state index in [1.807, 2.05) is 35.2 Å². The van der Waals surface area contributed by atoms with Crippen molar-refractivity contribution in [2.24, 2.45) is 5.92 Å². The highest BCUT2D eigenvalue weighted by molar-refractivity contribution is 6.00. The summed E-state index contributed by atoms with van der Waals surface area (Å²) in [6.07, 6.45) is 3.81. The summed E-state index contributed by atoms with van der Waals surface area (Å²) in [6.45, 7) is 4.31. The molecule has 0 spiro atoms. The van der Waals surface area contributed by atoms with E-state index < -0.39 is 0 Å². The van der Waals surface area contributed by atoms with Crippen LogP contribution in [0.5, 0.6) is 11.5 Å². The van der Waals surface area contributed by atoms with Crippen molar-refractivity contribution in [1.82, 2.24) is 9.88 Å². The third kappa shape index (κ3) is 3.53. The van der Waals surface area contributed by atoms with Crippen LogP contribution in [0.15, 0.2) is 42.7 Å². The van der Waals surface area contributed by atoms with Gasteiger partial charge in [-0.25, -0.2) is 0 Å². The predicted molar refractivity (Wildman–Crippen MR) is 111 cm³/mol. The van der Waals surface area contributed by atoms with Crippen molar-refractivity contribution in [3.8, 4) is 11.5 Å². The largest absolute Gasteiger partial charge is 0.486 e. The van der Waals surface area contributed by atoms with Crippen molar-refractivity contribution in [3.63, 3.8) is 0 Å². The number of nitrogens with zero attached hydrogens (tertiary/aromatic N) is 4. The first-order valence-electron chi connectivity index (χ1n) is 10.3. The molecule has 1 aromatic carbocycles. The molecule has 0 radical (unpaired) electrons. The highest BCUT2D eigenvalue weighted by Gasteiger charge is 2.38. The second kappa shape index (κ2) is 7.85. The molecule has 2 saturated heterocycles. The Kier molecular flexibility index (Phi) is 4.90. The Labute approximate surface area is 175 Å². The first-order chi connectivity index (χ1) is 14.7. The number of anilines is 2. The third-order valence-electron chi connectivity index (χ3n) is 5.93. The zero-order chi connectivity index (χ0) is 20.5. The number of carbonyl (C=O) groups is 2. The monoisotopic (exact) mass is 408 g/mol. The number of pyridine rings is 1. The van der Waals surface area contributed by atoms with E-state index in [1.165, 1.54) is 0 Å². The van der Waals surface area contributed by atoms with E-state index >= 15 is 0 Å². The zero-order valence-corrected chi connectivity index (χ0v) is 16.7. The number of ether oxygens (including phenoxy) is 2. The van der Waals surface area contributed by atoms with E-state index in [0.29, 0.717) is 44.3 Å². The first kappa shape index (κ1) is 18.7. The van der Waals surface area contributed by atoms with E-state index in [0.717, 1.165) is 24.5 Å². The molecule has 0 unspecified atom stereocenters. The number of piperazine rings is 1. The number of hydrogen-bond acceptors (Lipinski definition) is 6. The molecule has 156 valence electrons. The Morgan fingerprint density at radius 2 is 1.67 bits per heavy atom. The summed E-state index contributed by atoms with van der Waals surface area (Å²) < 4.78 is 11.2. The molecule has 2 amide bonds. The molecule has 0 N–H and O–H groups in total. The average molecular weight is 408 g/mol. The van der Waals surface area contributed by atoms with Crippen LogP contribution in [0.1, 0.15) is 6.42 Å². The van der Waals surface area contributed by atoms with Gasteiger partial charge in [-0.2, -0.15) is 0 Å². The second-order valence-electron chi connectivity index (χ2n) is 7.75. The van der Waals surface area contributed by atoms with Crippen LogP contribution in [-0.2, 0) is 9.59 Å². The Morgan fingerprint density at radius 3 is 2.43 bits per heavy atom. The van der Waals surface area contributed by atoms with Crippen LogP contribution in [0, 0.1) is 5.92 Å². The molecular formula is C22H24N4O4. The fourth-order valence-electron chi connectivity index (χ4n) is 4.32. The summed E-state index contributed by atoms with van der Waals surface area (Å²) in [5.41, 5.74) is 1.87. The smallest absolute Gasteiger partial charge is 0.228 e. The Hall–Kier alpha value is -3.29. The topological polar surface area (TPSA) is 75.2 Å². The summed E-state index contributed by atoms with van der Waals surface area (Å²) >= 11 is 0. The maximum absolute atomic E-state index is 13.1. The minimum absolute atomic E-state index is 0.0274. The third-order valence-corrected chi connectivity index (χ3v) is 5.93. The quantitative estimate of drug-likeness (QED) is 0.767. The number of fused-ring (bicyclic) bond motifs is 1. The van der Waals surface area contributed by atoms with Gasteiger partial charge in [0, 0.05) is 69.0 Å². The average Bonchev–Trinajstić information content (AvgIpc) is 3.20. The molecule has 30 heavy (non-hydrogen) atoms. The number of amides is 2. The van der Waals surface area contributed by atoms with Gasteiger partial charge in [0.05, 0.1) is 5.92 Å². The van der Waals surface area contributed by atoms with Gasteiger partial charge >= 0.3 is 0 Å². The molecule has 0 aliphatic carbocycles. The minimum Gasteiger partial charge on any atom is -0.486 e. The van der Waals surface area contributed by atoms with E-state index in [2.05, 4.69) is 9.88 Å². The van der Waals surface area contributed by atoms with Crippen molar-refractivity contribution in [2.45, 2.75) is 6.42 Å². The van der Waals surface area contributed by atoms with Crippen LogP contribution in [0.2, 0.25) is 0 Å². The highest BCUT2D eigenvalue weighted by Crippen LogP contribution is 2.36. The molecule has 3 aliphatic heterocycles. The van der Waals surface area contributed by atoms with Gasteiger partial charge in [0.25, 0.3) is 0 Å². The highest BCUT2D eigenvalue weighted by atomic mass is 16.6. The van der Waals surface area contributed by atoms with Gasteiger partial charge in [0.15, 0.2) is 11.5 Å². The minimum atomic E-state index is -0.307. The van der Waals surface area contributed by atoms with Gasteiger partial charge in [-0.1, -0.05) is 0 Å². The lowest BCUT2D eigenvalue weighted by atomic mass is 10.1. The maximum Gasteiger partial charge on any atom is 0.228 e. The molecule has 0 bridgehead atoms. The number of hydrogen-bond donors (Lipinski definition) is 0. The first-order valence-corrected chi connectivity index (χ1v) is 10.3. The van der Waals surface area contributed by atoms with Crippen LogP contribution in [0.4, 0.5) is 11.4 Å². The molecule has 1 atom stereocenters. The Morgan fingerprint density at radius 1 is 0.933 bits per heavy atom. The lowest BCUT2D eigenvalue weighted by Gasteiger charge is -2.37. The molecule has 3 aliphatic rings. The SMILES string of the molecule is O=C([C@@H]1CC(=O)N(c2ccc3c(c2)OCCO3)C1)N1CCN(c2ccncc2)CC1. The van der Waals surface area contributed by atoms with Crippen LogP contribution in [-0.4, -0.2) is 67.6 Å². The molecule has 2 fully saturated rings. The van der Waals surface area contributed by atoms with Crippen LogP contribution in [0.25, 0.3) is 0 Å². The van der Waals surface area contributed by atoms with Crippen LogP contribution >= 0.6 is 0 Å². The number of carbonyl (C=O) groups excluding carboxylic acids is 2. The molecule has 0 saturated carbocycles. The fourth-order valence-corrected chi connectivity index (χ4v) is 4.32. The summed E-state index contributed by atoms with van der Waals surface area (Å²) in [5.74, 6) is 1.07. The molecule has 2 aromatic rings. The fraction of sp³-hybridized carbons (Fsp3) is 0.409. The van der Waals surface area contributed by atoms with Gasteiger partial charge in [-0.05, 0) is 24.3 Å². The molecule has 8 nitrogen and oxygen atoms in total. The van der Waals surface area contributed by atoms with Crippen molar-refractivity contribution in [1.29, 1.82) is 0 Å². The Bertz CT molecular complexity index is 943. The van der Waals surface area contributed by atoms with Crippen molar-refractivity contribution in [2.75, 3.05) is 55.7 Å². The van der Waals surface area contributed by atoms with Gasteiger partial charge < -0.3 is 24.2 Å². The Balaban J connectivity index is 1.22. The van der Waals surface area contributed by atoms with E-state index in [-0.39, 0.29) is 24.2 Å². The van der Waals surface area contributed by atoms with Crippen LogP contribution in [0.3, 0.4) is 0 Å². The van der Waals surface area contributed by atoms with Gasteiger partial charge in [0.1, 0.15) is 13.2 Å². The predicted octanol–water partition coefficient (Wildman–Crippen LogP) is 1.55. The number of aromatic nitrogens is 1. The van der Waals surface area contributed by atoms with E-state index in [1.54, 1.807) is 17.3 Å². The summed E-state index contributed by atoms with van der Waals surface area (Å²) in [7, 11) is 0. The lowest BCUT2D eigenvalue weighted by Crippen LogP contribution is -2.50.